The SMILES string of the molecule is CC(CO)Nc1c(C#N)cnc2ccc(OC(F)F)cc12. The number of anilines is 1. The van der Waals surface area contributed by atoms with E-state index in [1.807, 2.05) is 6.07 Å². The third-order valence-corrected chi connectivity index (χ3v) is 2.85. The molecule has 110 valence electrons. The molecular formula is C14H13F2N3O2. The highest BCUT2D eigenvalue weighted by molar-refractivity contribution is 5.94. The maximum atomic E-state index is 12.3. The maximum Gasteiger partial charge on any atom is 0.387 e. The summed E-state index contributed by atoms with van der Waals surface area (Å²) >= 11 is 0. The standard InChI is InChI=1S/C14H13F2N3O2/c1-8(7-20)19-13-9(5-17)6-18-12-3-2-10(4-11(12)13)21-14(15)16/h2-4,6,8,14,20H,7H2,1H3,(H,18,19). The summed E-state index contributed by atoms with van der Waals surface area (Å²) in [5.41, 5.74) is 1.23. The van der Waals surface area contributed by atoms with Crippen LogP contribution in [0.5, 0.6) is 5.75 Å². The molecule has 1 aromatic heterocycles. The Bertz CT molecular complexity index is 686. The number of aliphatic hydroxyl groups is 1. The van der Waals surface area contributed by atoms with Crippen molar-refractivity contribution in [1.82, 2.24) is 4.98 Å². The molecule has 0 spiro atoms. The first kappa shape index (κ1) is 14.9. The molecule has 0 aliphatic rings. The van der Waals surface area contributed by atoms with Crippen LogP contribution in [0.3, 0.4) is 0 Å². The van der Waals surface area contributed by atoms with Crippen LogP contribution in [-0.2, 0) is 0 Å². The van der Waals surface area contributed by atoms with Crippen LogP contribution in [0, 0.1) is 11.3 Å². The molecule has 2 rings (SSSR count). The van der Waals surface area contributed by atoms with Crippen molar-refractivity contribution in [2.24, 2.45) is 0 Å². The highest BCUT2D eigenvalue weighted by Gasteiger charge is 2.13. The molecule has 0 aliphatic carbocycles. The zero-order valence-corrected chi connectivity index (χ0v) is 11.2. The number of aromatic nitrogens is 1. The fourth-order valence-corrected chi connectivity index (χ4v) is 1.88. The van der Waals surface area contributed by atoms with Crippen molar-refractivity contribution in [2.45, 2.75) is 19.6 Å². The smallest absolute Gasteiger partial charge is 0.387 e. The van der Waals surface area contributed by atoms with Crippen LogP contribution in [0.4, 0.5) is 14.5 Å². The molecule has 0 aliphatic heterocycles. The Balaban J connectivity index is 2.56. The van der Waals surface area contributed by atoms with Crippen molar-refractivity contribution >= 4 is 16.6 Å². The fraction of sp³-hybridized carbons (Fsp3) is 0.286. The minimum absolute atomic E-state index is 0.0194. The number of hydrogen-bond donors (Lipinski definition) is 2. The lowest BCUT2D eigenvalue weighted by Crippen LogP contribution is -2.20. The van der Waals surface area contributed by atoms with Gasteiger partial charge in [-0.1, -0.05) is 0 Å². The van der Waals surface area contributed by atoms with Crippen molar-refractivity contribution < 1.29 is 18.6 Å². The van der Waals surface area contributed by atoms with Gasteiger partial charge in [-0.25, -0.2) is 0 Å². The first-order chi connectivity index (χ1) is 10.0. The van der Waals surface area contributed by atoms with Crippen molar-refractivity contribution in [2.75, 3.05) is 11.9 Å². The molecule has 1 unspecified atom stereocenters. The number of alkyl halides is 2. The van der Waals surface area contributed by atoms with Gasteiger partial charge in [0.2, 0.25) is 0 Å². The summed E-state index contributed by atoms with van der Waals surface area (Å²) in [4.78, 5) is 4.10. The van der Waals surface area contributed by atoms with Crippen molar-refractivity contribution in [3.05, 3.63) is 30.0 Å². The van der Waals surface area contributed by atoms with Crippen molar-refractivity contribution in [3.8, 4) is 11.8 Å². The number of pyridine rings is 1. The molecule has 1 aromatic carbocycles. The minimum Gasteiger partial charge on any atom is -0.435 e. The molecule has 1 heterocycles. The molecule has 2 aromatic rings. The number of rotatable bonds is 5. The Morgan fingerprint density at radius 3 is 2.86 bits per heavy atom. The van der Waals surface area contributed by atoms with E-state index in [1.165, 1.54) is 24.4 Å². The van der Waals surface area contributed by atoms with Gasteiger partial charge in [-0.15, -0.1) is 0 Å². The van der Waals surface area contributed by atoms with Gasteiger partial charge < -0.3 is 15.2 Å². The van der Waals surface area contributed by atoms with Gasteiger partial charge >= 0.3 is 6.61 Å². The van der Waals surface area contributed by atoms with Gasteiger partial charge in [0.1, 0.15) is 11.8 Å². The average Bonchev–Trinajstić information content (AvgIpc) is 2.47. The number of nitrogens with zero attached hydrogens (tertiary/aromatic N) is 2. The van der Waals surface area contributed by atoms with E-state index in [9.17, 15) is 8.78 Å². The Kier molecular flexibility index (Phi) is 4.50. The van der Waals surface area contributed by atoms with Gasteiger partial charge in [0.25, 0.3) is 0 Å². The highest BCUT2D eigenvalue weighted by atomic mass is 19.3. The molecular weight excluding hydrogens is 280 g/mol. The van der Waals surface area contributed by atoms with E-state index in [0.29, 0.717) is 16.6 Å². The zero-order valence-electron chi connectivity index (χ0n) is 11.2. The predicted octanol–water partition coefficient (Wildman–Crippen LogP) is 2.50. The molecule has 0 bridgehead atoms. The normalized spacial score (nSPS) is 12.2. The Hall–Kier alpha value is -2.46. The number of aliphatic hydroxyl groups excluding tert-OH is 1. The molecule has 0 fully saturated rings. The average molecular weight is 293 g/mol. The van der Waals surface area contributed by atoms with Crippen LogP contribution < -0.4 is 10.1 Å². The first-order valence-electron chi connectivity index (χ1n) is 6.20. The lowest BCUT2D eigenvalue weighted by molar-refractivity contribution is -0.0497. The summed E-state index contributed by atoms with van der Waals surface area (Å²) in [5, 5.41) is 21.7. The van der Waals surface area contributed by atoms with Gasteiger partial charge in [-0.05, 0) is 25.1 Å². The molecule has 0 radical (unpaired) electrons. The van der Waals surface area contributed by atoms with Gasteiger partial charge in [-0.3, -0.25) is 4.98 Å². The van der Waals surface area contributed by atoms with Crippen LogP contribution in [0.25, 0.3) is 10.9 Å². The summed E-state index contributed by atoms with van der Waals surface area (Å²) < 4.78 is 28.9. The molecule has 0 saturated heterocycles. The zero-order chi connectivity index (χ0) is 15.4. The first-order valence-corrected chi connectivity index (χ1v) is 6.20. The molecule has 7 heteroatoms. The molecule has 5 nitrogen and oxygen atoms in total. The van der Waals surface area contributed by atoms with E-state index in [-0.39, 0.29) is 24.0 Å². The van der Waals surface area contributed by atoms with Gasteiger partial charge in [0.05, 0.1) is 23.4 Å². The van der Waals surface area contributed by atoms with Gasteiger partial charge in [0.15, 0.2) is 0 Å². The quantitative estimate of drug-likeness (QED) is 0.885. The molecule has 2 N–H and O–H groups in total. The third-order valence-electron chi connectivity index (χ3n) is 2.85. The summed E-state index contributed by atoms with van der Waals surface area (Å²) in [5.74, 6) is -0.0194. The number of nitrogens with one attached hydrogen (secondary N) is 1. The monoisotopic (exact) mass is 293 g/mol. The number of nitriles is 1. The van der Waals surface area contributed by atoms with Crippen LogP contribution >= 0.6 is 0 Å². The topological polar surface area (TPSA) is 78.2 Å². The van der Waals surface area contributed by atoms with Crippen molar-refractivity contribution in [3.63, 3.8) is 0 Å². The molecule has 0 saturated carbocycles. The minimum atomic E-state index is -2.93. The van der Waals surface area contributed by atoms with Crippen LogP contribution in [-0.4, -0.2) is 29.4 Å². The van der Waals surface area contributed by atoms with Crippen LogP contribution in [0.1, 0.15) is 12.5 Å². The van der Waals surface area contributed by atoms with Crippen LogP contribution in [0.2, 0.25) is 0 Å². The second-order valence-corrected chi connectivity index (χ2v) is 4.44. The largest absolute Gasteiger partial charge is 0.435 e. The molecule has 21 heavy (non-hydrogen) atoms. The van der Waals surface area contributed by atoms with E-state index in [1.54, 1.807) is 6.92 Å². The summed E-state index contributed by atoms with van der Waals surface area (Å²) in [6.45, 7) is -1.34. The van der Waals surface area contributed by atoms with E-state index in [4.69, 9.17) is 10.4 Å². The van der Waals surface area contributed by atoms with Gasteiger partial charge in [0, 0.05) is 17.6 Å². The fourth-order valence-electron chi connectivity index (χ4n) is 1.88. The summed E-state index contributed by atoms with van der Waals surface area (Å²) in [6.07, 6.45) is 1.39. The van der Waals surface area contributed by atoms with Crippen molar-refractivity contribution in [1.29, 1.82) is 5.26 Å². The summed E-state index contributed by atoms with van der Waals surface area (Å²) in [6, 6.07) is 5.98. The Morgan fingerprint density at radius 2 is 2.24 bits per heavy atom. The van der Waals surface area contributed by atoms with E-state index >= 15 is 0 Å². The third kappa shape index (κ3) is 3.35. The number of hydrogen-bond acceptors (Lipinski definition) is 5. The number of benzene rings is 1. The Labute approximate surface area is 119 Å². The second kappa shape index (κ2) is 6.33. The van der Waals surface area contributed by atoms with E-state index < -0.39 is 6.61 Å². The maximum absolute atomic E-state index is 12.3. The number of halogens is 2. The van der Waals surface area contributed by atoms with E-state index in [2.05, 4.69) is 15.0 Å². The van der Waals surface area contributed by atoms with Gasteiger partial charge in [-0.2, -0.15) is 14.0 Å². The van der Waals surface area contributed by atoms with E-state index in [0.717, 1.165) is 0 Å². The number of fused-ring (bicyclic) bond motifs is 1. The number of ether oxygens (including phenoxy) is 1. The summed E-state index contributed by atoms with van der Waals surface area (Å²) in [7, 11) is 0. The van der Waals surface area contributed by atoms with Crippen LogP contribution in [0.15, 0.2) is 24.4 Å². The molecule has 0 amide bonds. The lowest BCUT2D eigenvalue weighted by atomic mass is 10.1. The lowest BCUT2D eigenvalue weighted by Gasteiger charge is -2.16. The molecule has 1 atom stereocenters. The second-order valence-electron chi connectivity index (χ2n) is 4.44. The highest BCUT2D eigenvalue weighted by Crippen LogP contribution is 2.30. The Morgan fingerprint density at radius 1 is 1.48 bits per heavy atom. The predicted molar refractivity (Wildman–Crippen MR) is 73.3 cm³/mol.